The molecule has 0 saturated carbocycles. The number of aryl methyl sites for hydroxylation is 2. The summed E-state index contributed by atoms with van der Waals surface area (Å²) in [7, 11) is 1.55. The average Bonchev–Trinajstić information content (AvgIpc) is 2.35. The molecule has 2 amide bonds. The van der Waals surface area contributed by atoms with Crippen molar-refractivity contribution in [3.8, 4) is 0 Å². The van der Waals surface area contributed by atoms with Crippen molar-refractivity contribution in [3.05, 3.63) is 35.4 Å². The highest BCUT2D eigenvalue weighted by atomic mass is 16.2. The van der Waals surface area contributed by atoms with Gasteiger partial charge in [-0.05, 0) is 24.5 Å². The number of hydrogen-bond acceptors (Lipinski definition) is 2. The molecule has 0 aliphatic carbocycles. The van der Waals surface area contributed by atoms with Crippen molar-refractivity contribution >= 4 is 11.8 Å². The predicted octanol–water partition coefficient (Wildman–Crippen LogP) is 2.32. The van der Waals surface area contributed by atoms with Crippen molar-refractivity contribution in [2.45, 2.75) is 33.1 Å². The van der Waals surface area contributed by atoms with Gasteiger partial charge in [0.05, 0.1) is 0 Å². The number of carbonyl (C=O) groups excluding carboxylic acids is 2. The monoisotopic (exact) mass is 233 g/mol. The molecule has 92 valence electrons. The van der Waals surface area contributed by atoms with Crippen LogP contribution in [0.1, 0.15) is 30.9 Å². The first kappa shape index (κ1) is 13.4. The molecule has 1 rings (SSSR count). The number of benzene rings is 1. The molecule has 0 N–H and O–H groups in total. The maximum absolute atomic E-state index is 11.7. The van der Waals surface area contributed by atoms with Gasteiger partial charge < -0.3 is 0 Å². The van der Waals surface area contributed by atoms with Crippen LogP contribution < -0.4 is 0 Å². The highest BCUT2D eigenvalue weighted by Crippen LogP contribution is 2.10. The van der Waals surface area contributed by atoms with Gasteiger partial charge in [0.25, 0.3) is 0 Å². The lowest BCUT2D eigenvalue weighted by Gasteiger charge is -2.14. The van der Waals surface area contributed by atoms with Gasteiger partial charge in [-0.3, -0.25) is 14.5 Å². The van der Waals surface area contributed by atoms with E-state index in [9.17, 15) is 9.59 Å². The number of nitrogens with zero attached hydrogens (tertiary/aromatic N) is 1. The van der Waals surface area contributed by atoms with Gasteiger partial charge in [-0.2, -0.15) is 0 Å². The minimum Gasteiger partial charge on any atom is -0.286 e. The van der Waals surface area contributed by atoms with E-state index in [1.54, 1.807) is 14.0 Å². The summed E-state index contributed by atoms with van der Waals surface area (Å²) in [6.07, 6.45) is 1.44. The van der Waals surface area contributed by atoms with Crippen LogP contribution in [0, 0.1) is 6.92 Å². The summed E-state index contributed by atoms with van der Waals surface area (Å²) < 4.78 is 0. The molecule has 0 atom stereocenters. The summed E-state index contributed by atoms with van der Waals surface area (Å²) >= 11 is 0. The van der Waals surface area contributed by atoms with Crippen LogP contribution in [0.15, 0.2) is 24.3 Å². The smallest absolute Gasteiger partial charge is 0.229 e. The highest BCUT2D eigenvalue weighted by molar-refractivity contribution is 5.94. The van der Waals surface area contributed by atoms with Crippen molar-refractivity contribution in [3.63, 3.8) is 0 Å². The summed E-state index contributed by atoms with van der Waals surface area (Å²) in [6, 6.07) is 7.99. The third kappa shape index (κ3) is 3.70. The Bertz CT molecular complexity index is 412. The van der Waals surface area contributed by atoms with Crippen LogP contribution >= 0.6 is 0 Å². The van der Waals surface area contributed by atoms with Crippen LogP contribution in [0.2, 0.25) is 0 Å². The first-order valence-electron chi connectivity index (χ1n) is 5.90. The average molecular weight is 233 g/mol. The summed E-state index contributed by atoms with van der Waals surface area (Å²) in [5, 5.41) is 0. The number of rotatable bonds is 4. The lowest BCUT2D eigenvalue weighted by molar-refractivity contribution is -0.142. The molecule has 17 heavy (non-hydrogen) atoms. The second-order valence-corrected chi connectivity index (χ2v) is 4.13. The molecule has 0 aliphatic rings. The Kier molecular flexibility index (Phi) is 4.88. The summed E-state index contributed by atoms with van der Waals surface area (Å²) in [5.74, 6) is -0.236. The number of carbonyl (C=O) groups is 2. The summed E-state index contributed by atoms with van der Waals surface area (Å²) in [5.41, 5.74) is 2.35. The Hall–Kier alpha value is -1.64. The molecule has 0 fully saturated rings. The first-order chi connectivity index (χ1) is 8.06. The summed E-state index contributed by atoms with van der Waals surface area (Å²) in [6.45, 7) is 3.79. The number of amides is 2. The van der Waals surface area contributed by atoms with E-state index in [2.05, 4.69) is 0 Å². The minimum atomic E-state index is -0.125. The molecule has 1 aromatic rings. The van der Waals surface area contributed by atoms with Gasteiger partial charge in [-0.15, -0.1) is 0 Å². The van der Waals surface area contributed by atoms with Gasteiger partial charge in [0.15, 0.2) is 0 Å². The second-order valence-electron chi connectivity index (χ2n) is 4.13. The molecule has 0 aliphatic heterocycles. The van der Waals surface area contributed by atoms with Crippen molar-refractivity contribution in [2.24, 2.45) is 0 Å². The molecule has 0 spiro atoms. The number of imide groups is 1. The molecule has 0 radical (unpaired) electrons. The first-order valence-corrected chi connectivity index (χ1v) is 5.90. The van der Waals surface area contributed by atoms with Crippen LogP contribution in [0.3, 0.4) is 0 Å². The third-order valence-corrected chi connectivity index (χ3v) is 2.92. The van der Waals surface area contributed by atoms with Crippen LogP contribution in [0.25, 0.3) is 0 Å². The topological polar surface area (TPSA) is 37.4 Å². The van der Waals surface area contributed by atoms with E-state index >= 15 is 0 Å². The Morgan fingerprint density at radius 2 is 1.82 bits per heavy atom. The van der Waals surface area contributed by atoms with Gasteiger partial charge in [0, 0.05) is 19.9 Å². The fraction of sp³-hybridized carbons (Fsp3) is 0.429. The fourth-order valence-corrected chi connectivity index (χ4v) is 1.68. The van der Waals surface area contributed by atoms with Crippen LogP contribution in [-0.4, -0.2) is 23.8 Å². The number of hydrogen-bond donors (Lipinski definition) is 0. The minimum absolute atomic E-state index is 0.111. The van der Waals surface area contributed by atoms with Crippen LogP contribution in [-0.2, 0) is 16.0 Å². The molecule has 0 heterocycles. The molecule has 0 unspecified atom stereocenters. The largest absolute Gasteiger partial charge is 0.286 e. The van der Waals surface area contributed by atoms with Gasteiger partial charge in [0.1, 0.15) is 0 Å². The maximum Gasteiger partial charge on any atom is 0.229 e. The van der Waals surface area contributed by atoms with Gasteiger partial charge in [-0.25, -0.2) is 0 Å². The van der Waals surface area contributed by atoms with Crippen molar-refractivity contribution in [1.82, 2.24) is 4.90 Å². The van der Waals surface area contributed by atoms with E-state index in [-0.39, 0.29) is 11.8 Å². The Labute approximate surface area is 102 Å². The molecule has 0 bridgehead atoms. The fourth-order valence-electron chi connectivity index (χ4n) is 1.68. The van der Waals surface area contributed by atoms with Crippen LogP contribution in [0.4, 0.5) is 0 Å². The standard InChI is InChI=1S/C14H19NO2/c1-4-13(16)15(3)14(17)10-9-12-8-6-5-7-11(12)2/h5-8H,4,9-10H2,1-3H3. The zero-order valence-corrected chi connectivity index (χ0v) is 10.7. The third-order valence-electron chi connectivity index (χ3n) is 2.92. The SMILES string of the molecule is CCC(=O)N(C)C(=O)CCc1ccccc1C. The Balaban J connectivity index is 2.54. The van der Waals surface area contributed by atoms with Crippen molar-refractivity contribution in [2.75, 3.05) is 7.05 Å². The normalized spacial score (nSPS) is 10.1. The maximum atomic E-state index is 11.7. The molecule has 0 aromatic heterocycles. The van der Waals surface area contributed by atoms with Gasteiger partial charge in [-0.1, -0.05) is 31.2 Å². The van der Waals surface area contributed by atoms with E-state index in [0.717, 1.165) is 5.56 Å². The summed E-state index contributed by atoms with van der Waals surface area (Å²) in [4.78, 5) is 24.3. The van der Waals surface area contributed by atoms with Crippen molar-refractivity contribution in [1.29, 1.82) is 0 Å². The van der Waals surface area contributed by atoms with E-state index in [1.165, 1.54) is 10.5 Å². The van der Waals surface area contributed by atoms with E-state index in [1.807, 2.05) is 31.2 Å². The second kappa shape index (κ2) is 6.18. The van der Waals surface area contributed by atoms with Crippen LogP contribution in [0.5, 0.6) is 0 Å². The molecule has 0 saturated heterocycles. The predicted molar refractivity (Wildman–Crippen MR) is 67.6 cm³/mol. The quantitative estimate of drug-likeness (QED) is 0.800. The van der Waals surface area contributed by atoms with E-state index in [4.69, 9.17) is 0 Å². The molecule has 3 nitrogen and oxygen atoms in total. The molecule has 1 aromatic carbocycles. The highest BCUT2D eigenvalue weighted by Gasteiger charge is 2.14. The molecular formula is C14H19NO2. The van der Waals surface area contributed by atoms with E-state index < -0.39 is 0 Å². The molecule has 3 heteroatoms. The zero-order chi connectivity index (χ0) is 12.8. The lowest BCUT2D eigenvalue weighted by Crippen LogP contribution is -2.32. The van der Waals surface area contributed by atoms with Gasteiger partial charge in [0.2, 0.25) is 11.8 Å². The lowest BCUT2D eigenvalue weighted by atomic mass is 10.0. The Morgan fingerprint density at radius 1 is 1.18 bits per heavy atom. The Morgan fingerprint density at radius 3 is 2.41 bits per heavy atom. The van der Waals surface area contributed by atoms with E-state index in [0.29, 0.717) is 19.3 Å². The zero-order valence-electron chi connectivity index (χ0n) is 10.7. The van der Waals surface area contributed by atoms with Crippen molar-refractivity contribution < 1.29 is 9.59 Å². The van der Waals surface area contributed by atoms with Gasteiger partial charge >= 0.3 is 0 Å². The molecular weight excluding hydrogens is 214 g/mol.